The normalized spacial score (nSPS) is 12.2. The van der Waals surface area contributed by atoms with Gasteiger partial charge in [-0.25, -0.2) is 8.42 Å². The number of nitriles is 1. The average Bonchev–Trinajstić information content (AvgIpc) is 2.84. The maximum absolute atomic E-state index is 11.3. The lowest BCUT2D eigenvalue weighted by Gasteiger charge is -1.97. The second-order valence-corrected chi connectivity index (χ2v) is 7.00. The maximum atomic E-state index is 11.3. The first kappa shape index (κ1) is 14.6. The van der Waals surface area contributed by atoms with Crippen LogP contribution in [0, 0.1) is 11.3 Å². The summed E-state index contributed by atoms with van der Waals surface area (Å²) in [6, 6.07) is 12.5. The number of benzene rings is 1. The molecule has 0 aliphatic rings. The molecule has 0 atom stereocenters. The Morgan fingerprint density at radius 3 is 2.45 bits per heavy atom. The van der Waals surface area contributed by atoms with Crippen LogP contribution in [0.25, 0.3) is 17.4 Å². The first-order valence-corrected chi connectivity index (χ1v) is 8.26. The van der Waals surface area contributed by atoms with E-state index in [2.05, 4.69) is 15.9 Å². The third-order valence-corrected chi connectivity index (χ3v) is 4.08. The van der Waals surface area contributed by atoms with Gasteiger partial charge in [-0.15, -0.1) is 0 Å². The van der Waals surface area contributed by atoms with E-state index in [-0.39, 0.29) is 4.91 Å². The van der Waals surface area contributed by atoms with Crippen LogP contribution in [-0.2, 0) is 9.84 Å². The second-order valence-electron chi connectivity index (χ2n) is 4.10. The van der Waals surface area contributed by atoms with Crippen molar-refractivity contribution in [2.24, 2.45) is 0 Å². The molecular weight excluding hydrogens is 342 g/mol. The fourth-order valence-corrected chi connectivity index (χ4v) is 2.31. The van der Waals surface area contributed by atoms with E-state index in [9.17, 15) is 8.42 Å². The van der Waals surface area contributed by atoms with Gasteiger partial charge in [-0.3, -0.25) is 0 Å². The molecule has 0 amide bonds. The van der Waals surface area contributed by atoms with Crippen molar-refractivity contribution in [3.05, 3.63) is 51.5 Å². The number of hydrogen-bond acceptors (Lipinski definition) is 4. The predicted molar refractivity (Wildman–Crippen MR) is 80.3 cm³/mol. The molecule has 0 aliphatic heterocycles. The Labute approximate surface area is 125 Å². The fourth-order valence-electron chi connectivity index (χ4n) is 1.55. The number of hydrogen-bond donors (Lipinski definition) is 0. The molecular formula is C14H10BrNO3S. The van der Waals surface area contributed by atoms with Crippen molar-refractivity contribution < 1.29 is 12.8 Å². The predicted octanol–water partition coefficient (Wildman–Crippen LogP) is 3.62. The van der Waals surface area contributed by atoms with Crippen molar-refractivity contribution in [3.8, 4) is 17.4 Å². The average molecular weight is 352 g/mol. The Balaban J connectivity index is 2.37. The summed E-state index contributed by atoms with van der Waals surface area (Å²) in [6.07, 6.45) is 2.21. The number of halogens is 1. The molecule has 1 aromatic carbocycles. The van der Waals surface area contributed by atoms with Crippen LogP contribution in [0.1, 0.15) is 5.76 Å². The molecule has 0 radical (unpaired) electrons. The quantitative estimate of drug-likeness (QED) is 0.791. The molecule has 20 heavy (non-hydrogen) atoms. The molecule has 4 nitrogen and oxygen atoms in total. The zero-order chi connectivity index (χ0) is 14.8. The van der Waals surface area contributed by atoms with Crippen LogP contribution in [0.3, 0.4) is 0 Å². The molecule has 0 aliphatic carbocycles. The first-order chi connectivity index (χ1) is 9.40. The van der Waals surface area contributed by atoms with E-state index in [1.807, 2.05) is 24.3 Å². The molecule has 0 N–H and O–H groups in total. The molecule has 0 fully saturated rings. The fraction of sp³-hybridized carbons (Fsp3) is 0.0714. The van der Waals surface area contributed by atoms with Crippen molar-refractivity contribution in [1.82, 2.24) is 0 Å². The molecule has 0 spiro atoms. The van der Waals surface area contributed by atoms with Crippen molar-refractivity contribution in [1.29, 1.82) is 5.26 Å². The maximum Gasteiger partial charge on any atom is 0.185 e. The third-order valence-electron chi connectivity index (χ3n) is 2.54. The number of allylic oxidation sites excluding steroid dienone is 1. The number of furan rings is 1. The van der Waals surface area contributed by atoms with Gasteiger partial charge >= 0.3 is 0 Å². The Hall–Kier alpha value is -1.84. The Bertz CT molecular complexity index is 796. The highest BCUT2D eigenvalue weighted by Gasteiger charge is 2.12. The molecule has 2 rings (SSSR count). The molecule has 6 heteroatoms. The zero-order valence-corrected chi connectivity index (χ0v) is 12.9. The summed E-state index contributed by atoms with van der Waals surface area (Å²) >= 11 is 3.34. The summed E-state index contributed by atoms with van der Waals surface area (Å²) in [7, 11) is -3.54. The van der Waals surface area contributed by atoms with Gasteiger partial charge in [-0.2, -0.15) is 5.26 Å². The number of nitrogens with zero attached hydrogens (tertiary/aromatic N) is 1. The van der Waals surface area contributed by atoms with Crippen molar-refractivity contribution >= 4 is 31.8 Å². The monoisotopic (exact) mass is 351 g/mol. The van der Waals surface area contributed by atoms with E-state index >= 15 is 0 Å². The van der Waals surface area contributed by atoms with Gasteiger partial charge in [-0.1, -0.05) is 28.1 Å². The molecule has 0 bridgehead atoms. The smallest absolute Gasteiger partial charge is 0.185 e. The van der Waals surface area contributed by atoms with Crippen molar-refractivity contribution in [2.45, 2.75) is 0 Å². The van der Waals surface area contributed by atoms with E-state index in [1.54, 1.807) is 18.2 Å². The van der Waals surface area contributed by atoms with Gasteiger partial charge in [0, 0.05) is 22.4 Å². The number of rotatable bonds is 3. The highest BCUT2D eigenvalue weighted by molar-refractivity contribution is 9.10. The van der Waals surface area contributed by atoms with Gasteiger partial charge in [0.15, 0.2) is 9.84 Å². The Morgan fingerprint density at radius 2 is 1.90 bits per heavy atom. The molecule has 0 saturated heterocycles. The topological polar surface area (TPSA) is 71.1 Å². The number of sulfone groups is 1. The van der Waals surface area contributed by atoms with Crippen molar-refractivity contribution in [3.63, 3.8) is 0 Å². The first-order valence-electron chi connectivity index (χ1n) is 5.58. The van der Waals surface area contributed by atoms with E-state index in [0.29, 0.717) is 11.5 Å². The van der Waals surface area contributed by atoms with Crippen LogP contribution in [-0.4, -0.2) is 14.7 Å². The lowest BCUT2D eigenvalue weighted by Crippen LogP contribution is -1.97. The van der Waals surface area contributed by atoms with Crippen LogP contribution in [0.5, 0.6) is 0 Å². The minimum absolute atomic E-state index is 0.324. The molecule has 1 heterocycles. The second kappa shape index (κ2) is 5.65. The highest BCUT2D eigenvalue weighted by atomic mass is 79.9. The Morgan fingerprint density at radius 1 is 1.25 bits per heavy atom. The summed E-state index contributed by atoms with van der Waals surface area (Å²) < 4.78 is 29.2. The lowest BCUT2D eigenvalue weighted by atomic mass is 10.2. The zero-order valence-electron chi connectivity index (χ0n) is 10.5. The van der Waals surface area contributed by atoms with Gasteiger partial charge < -0.3 is 4.42 Å². The standard InChI is InChI=1S/C14H10BrNO3S/c1-20(17,18)13(9-16)8-12-6-7-14(19-12)10-2-4-11(15)5-3-10/h2-8H,1H3. The molecule has 1 aromatic heterocycles. The molecule has 0 saturated carbocycles. The van der Waals surface area contributed by atoms with E-state index in [1.165, 1.54) is 6.08 Å². The van der Waals surface area contributed by atoms with Gasteiger partial charge in [0.25, 0.3) is 0 Å². The van der Waals surface area contributed by atoms with Gasteiger partial charge in [0.05, 0.1) is 0 Å². The summed E-state index contributed by atoms with van der Waals surface area (Å²) in [6.45, 7) is 0. The summed E-state index contributed by atoms with van der Waals surface area (Å²) in [5.41, 5.74) is 0.866. The van der Waals surface area contributed by atoms with Crippen LogP contribution in [0.4, 0.5) is 0 Å². The van der Waals surface area contributed by atoms with Gasteiger partial charge in [0.1, 0.15) is 22.5 Å². The van der Waals surface area contributed by atoms with Crippen LogP contribution in [0.15, 0.2) is 50.2 Å². The van der Waals surface area contributed by atoms with E-state index in [4.69, 9.17) is 9.68 Å². The van der Waals surface area contributed by atoms with E-state index < -0.39 is 9.84 Å². The van der Waals surface area contributed by atoms with Crippen molar-refractivity contribution in [2.75, 3.05) is 6.26 Å². The van der Waals surface area contributed by atoms with Crippen LogP contribution < -0.4 is 0 Å². The summed E-state index contributed by atoms with van der Waals surface area (Å²) in [4.78, 5) is -0.325. The third kappa shape index (κ3) is 3.38. The lowest BCUT2D eigenvalue weighted by molar-refractivity contribution is 0.571. The molecule has 102 valence electrons. The van der Waals surface area contributed by atoms with Crippen LogP contribution in [0.2, 0.25) is 0 Å². The Kier molecular flexibility index (Phi) is 4.12. The highest BCUT2D eigenvalue weighted by Crippen LogP contribution is 2.25. The molecule has 2 aromatic rings. The summed E-state index contributed by atoms with van der Waals surface area (Å²) in [5, 5.41) is 8.83. The van der Waals surface area contributed by atoms with Gasteiger partial charge in [0.2, 0.25) is 0 Å². The van der Waals surface area contributed by atoms with Gasteiger partial charge in [-0.05, 0) is 24.3 Å². The largest absolute Gasteiger partial charge is 0.457 e. The molecule has 0 unspecified atom stereocenters. The van der Waals surface area contributed by atoms with E-state index in [0.717, 1.165) is 16.3 Å². The SMILES string of the molecule is CS(=O)(=O)C(C#N)=Cc1ccc(-c2ccc(Br)cc2)o1. The minimum Gasteiger partial charge on any atom is -0.457 e. The van der Waals surface area contributed by atoms with Crippen LogP contribution >= 0.6 is 15.9 Å². The summed E-state index contributed by atoms with van der Waals surface area (Å²) in [5.74, 6) is 0.930. The minimum atomic E-state index is -3.54.